The predicted molar refractivity (Wildman–Crippen MR) is 60.2 cm³/mol. The van der Waals surface area contributed by atoms with Crippen LogP contribution in [0.1, 0.15) is 30.6 Å². The Morgan fingerprint density at radius 3 is 2.69 bits per heavy atom. The molecule has 0 aromatic heterocycles. The van der Waals surface area contributed by atoms with Gasteiger partial charge in [0.1, 0.15) is 0 Å². The van der Waals surface area contributed by atoms with Crippen molar-refractivity contribution in [1.29, 1.82) is 0 Å². The largest absolute Gasteiger partial charge is 0.385 e. The van der Waals surface area contributed by atoms with Crippen LogP contribution in [0.2, 0.25) is 0 Å². The molecule has 16 heavy (non-hydrogen) atoms. The fraction of sp³-hybridized carbons (Fsp3) is 0.417. The van der Waals surface area contributed by atoms with E-state index in [2.05, 4.69) is 5.32 Å². The zero-order valence-electron chi connectivity index (χ0n) is 9.39. The Balaban J connectivity index is 2.55. The van der Waals surface area contributed by atoms with Gasteiger partial charge in [-0.1, -0.05) is 12.1 Å². The lowest BCUT2D eigenvalue weighted by molar-refractivity contribution is 0.0167. The summed E-state index contributed by atoms with van der Waals surface area (Å²) in [4.78, 5) is 11.1. The summed E-state index contributed by atoms with van der Waals surface area (Å²) in [7, 11) is 0. The minimum absolute atomic E-state index is 0.0375. The highest BCUT2D eigenvalue weighted by Gasteiger charge is 2.19. The van der Waals surface area contributed by atoms with E-state index < -0.39 is 5.92 Å². The molecule has 0 radical (unpaired) electrons. The molecule has 0 heterocycles. The van der Waals surface area contributed by atoms with Gasteiger partial charge in [0, 0.05) is 24.2 Å². The molecule has 88 valence electrons. The number of anilines is 1. The van der Waals surface area contributed by atoms with Gasteiger partial charge in [-0.3, -0.25) is 4.79 Å². The molecule has 1 aromatic rings. The van der Waals surface area contributed by atoms with Gasteiger partial charge in [0.05, 0.1) is 0 Å². The lowest BCUT2D eigenvalue weighted by Gasteiger charge is -2.11. The molecular weight excluding hydrogens is 212 g/mol. The molecule has 0 aliphatic carbocycles. The average Bonchev–Trinajstić information content (AvgIpc) is 2.16. The molecule has 0 spiro atoms. The maximum atomic E-state index is 12.5. The molecule has 1 aromatic carbocycles. The lowest BCUT2D eigenvalue weighted by Crippen LogP contribution is -2.16. The number of carbonyl (C=O) groups is 1. The molecule has 4 heteroatoms. The standard InChI is InChI=1S/C12H15F2NO/c1-9(16)10-4-3-5-11(8-10)15-7-6-12(2,13)14/h3-5,8,15H,6-7H2,1-2H3. The first-order valence-corrected chi connectivity index (χ1v) is 5.11. The minimum Gasteiger partial charge on any atom is -0.385 e. The third kappa shape index (κ3) is 4.38. The number of hydrogen-bond acceptors (Lipinski definition) is 2. The fourth-order valence-corrected chi connectivity index (χ4v) is 1.27. The van der Waals surface area contributed by atoms with E-state index >= 15 is 0 Å². The van der Waals surface area contributed by atoms with E-state index in [4.69, 9.17) is 0 Å². The fourth-order valence-electron chi connectivity index (χ4n) is 1.27. The van der Waals surface area contributed by atoms with Gasteiger partial charge in [-0.05, 0) is 26.0 Å². The molecule has 0 unspecified atom stereocenters. The van der Waals surface area contributed by atoms with Gasteiger partial charge >= 0.3 is 0 Å². The zero-order chi connectivity index (χ0) is 12.2. The van der Waals surface area contributed by atoms with E-state index in [1.807, 2.05) is 0 Å². The van der Waals surface area contributed by atoms with Crippen LogP contribution in [0.4, 0.5) is 14.5 Å². The number of alkyl halides is 2. The Labute approximate surface area is 93.7 Å². The van der Waals surface area contributed by atoms with Crippen LogP contribution >= 0.6 is 0 Å². The second kappa shape index (κ2) is 5.05. The van der Waals surface area contributed by atoms with Crippen molar-refractivity contribution in [1.82, 2.24) is 0 Å². The van der Waals surface area contributed by atoms with E-state index in [-0.39, 0.29) is 18.7 Å². The highest BCUT2D eigenvalue weighted by atomic mass is 19.3. The molecule has 0 amide bonds. The third-order valence-electron chi connectivity index (χ3n) is 2.16. The predicted octanol–water partition coefficient (Wildman–Crippen LogP) is 3.35. The summed E-state index contributed by atoms with van der Waals surface area (Å²) in [6, 6.07) is 6.83. The molecule has 0 aliphatic heterocycles. The van der Waals surface area contributed by atoms with Crippen LogP contribution in [0.5, 0.6) is 0 Å². The highest BCUT2D eigenvalue weighted by molar-refractivity contribution is 5.94. The van der Waals surface area contributed by atoms with Crippen LogP contribution in [0, 0.1) is 0 Å². The van der Waals surface area contributed by atoms with Crippen molar-refractivity contribution in [3.05, 3.63) is 29.8 Å². The van der Waals surface area contributed by atoms with Crippen molar-refractivity contribution in [3.8, 4) is 0 Å². The van der Waals surface area contributed by atoms with Crippen LogP contribution in [0.3, 0.4) is 0 Å². The van der Waals surface area contributed by atoms with Gasteiger partial charge in [0.15, 0.2) is 5.78 Å². The molecule has 0 saturated carbocycles. The van der Waals surface area contributed by atoms with E-state index in [0.29, 0.717) is 11.3 Å². The van der Waals surface area contributed by atoms with Crippen molar-refractivity contribution < 1.29 is 13.6 Å². The first-order valence-electron chi connectivity index (χ1n) is 5.11. The molecule has 0 atom stereocenters. The summed E-state index contributed by atoms with van der Waals surface area (Å²) in [5.41, 5.74) is 1.27. The number of nitrogens with one attached hydrogen (secondary N) is 1. The monoisotopic (exact) mass is 227 g/mol. The Bertz CT molecular complexity index is 372. The maximum Gasteiger partial charge on any atom is 0.247 e. The second-order valence-corrected chi connectivity index (χ2v) is 3.88. The summed E-state index contributed by atoms with van der Waals surface area (Å²) in [6.07, 6.45) is -0.225. The summed E-state index contributed by atoms with van der Waals surface area (Å²) in [5.74, 6) is -2.70. The number of carbonyl (C=O) groups excluding carboxylic acids is 1. The SMILES string of the molecule is CC(=O)c1cccc(NCCC(C)(F)F)c1. The van der Waals surface area contributed by atoms with E-state index in [1.165, 1.54) is 6.92 Å². The van der Waals surface area contributed by atoms with Crippen molar-refractivity contribution in [2.24, 2.45) is 0 Å². The Hall–Kier alpha value is -1.45. The summed E-state index contributed by atoms with van der Waals surface area (Å²) in [6.45, 7) is 2.55. The van der Waals surface area contributed by atoms with Crippen molar-refractivity contribution >= 4 is 11.5 Å². The smallest absolute Gasteiger partial charge is 0.247 e. The van der Waals surface area contributed by atoms with Gasteiger partial charge in [-0.15, -0.1) is 0 Å². The number of hydrogen-bond donors (Lipinski definition) is 1. The van der Waals surface area contributed by atoms with Crippen molar-refractivity contribution in [2.75, 3.05) is 11.9 Å². The summed E-state index contributed by atoms with van der Waals surface area (Å²) >= 11 is 0. The molecule has 0 fully saturated rings. The van der Waals surface area contributed by atoms with Crippen LogP contribution in [-0.4, -0.2) is 18.3 Å². The molecule has 1 rings (SSSR count). The number of halogens is 2. The molecule has 0 aliphatic rings. The van der Waals surface area contributed by atoms with Gasteiger partial charge in [-0.25, -0.2) is 8.78 Å². The zero-order valence-corrected chi connectivity index (χ0v) is 9.39. The van der Waals surface area contributed by atoms with Crippen molar-refractivity contribution in [2.45, 2.75) is 26.2 Å². The van der Waals surface area contributed by atoms with Crippen LogP contribution in [-0.2, 0) is 0 Å². The van der Waals surface area contributed by atoms with Gasteiger partial charge in [0.2, 0.25) is 5.92 Å². The first-order chi connectivity index (χ1) is 7.38. The van der Waals surface area contributed by atoms with Crippen LogP contribution in [0.25, 0.3) is 0 Å². The van der Waals surface area contributed by atoms with Crippen LogP contribution < -0.4 is 5.32 Å². The van der Waals surface area contributed by atoms with E-state index in [9.17, 15) is 13.6 Å². The Morgan fingerprint density at radius 1 is 1.44 bits per heavy atom. The quantitative estimate of drug-likeness (QED) is 0.781. The van der Waals surface area contributed by atoms with E-state index in [0.717, 1.165) is 6.92 Å². The summed E-state index contributed by atoms with van der Waals surface area (Å²) in [5, 5.41) is 2.86. The summed E-state index contributed by atoms with van der Waals surface area (Å²) < 4.78 is 25.1. The van der Waals surface area contributed by atoms with Gasteiger partial charge < -0.3 is 5.32 Å². The Kier molecular flexibility index (Phi) is 3.99. The molecule has 1 N–H and O–H groups in total. The maximum absolute atomic E-state index is 12.5. The third-order valence-corrected chi connectivity index (χ3v) is 2.16. The Morgan fingerprint density at radius 2 is 2.12 bits per heavy atom. The lowest BCUT2D eigenvalue weighted by atomic mass is 10.1. The average molecular weight is 227 g/mol. The molecule has 2 nitrogen and oxygen atoms in total. The van der Waals surface area contributed by atoms with Crippen molar-refractivity contribution in [3.63, 3.8) is 0 Å². The molecule has 0 saturated heterocycles. The van der Waals surface area contributed by atoms with Gasteiger partial charge in [-0.2, -0.15) is 0 Å². The topological polar surface area (TPSA) is 29.1 Å². The number of benzene rings is 1. The van der Waals surface area contributed by atoms with Crippen LogP contribution in [0.15, 0.2) is 24.3 Å². The number of Topliss-reactive ketones (excluding diaryl/α,β-unsaturated/α-hetero) is 1. The second-order valence-electron chi connectivity index (χ2n) is 3.88. The number of rotatable bonds is 5. The minimum atomic E-state index is -2.66. The highest BCUT2D eigenvalue weighted by Crippen LogP contribution is 2.17. The van der Waals surface area contributed by atoms with Gasteiger partial charge in [0.25, 0.3) is 0 Å². The molecular formula is C12H15F2NO. The normalized spacial score (nSPS) is 11.2. The molecule has 0 bridgehead atoms. The number of ketones is 1. The van der Waals surface area contributed by atoms with E-state index in [1.54, 1.807) is 24.3 Å². The first kappa shape index (κ1) is 12.6.